The molecule has 0 heterocycles. The highest BCUT2D eigenvalue weighted by Crippen LogP contribution is 2.42. The van der Waals surface area contributed by atoms with E-state index in [2.05, 4.69) is 5.32 Å². The lowest BCUT2D eigenvalue weighted by atomic mass is 10.1. The first kappa shape index (κ1) is 21.1. The summed E-state index contributed by atoms with van der Waals surface area (Å²) in [5, 5.41) is 19.3. The van der Waals surface area contributed by atoms with Crippen molar-refractivity contribution in [3.63, 3.8) is 0 Å². The van der Waals surface area contributed by atoms with Gasteiger partial charge in [0.25, 0.3) is 5.91 Å². The molecule has 2 aromatic carbocycles. The number of benzene rings is 2. The zero-order valence-corrected chi connectivity index (χ0v) is 16.3. The third-order valence-corrected chi connectivity index (χ3v) is 5.20. The van der Waals surface area contributed by atoms with Crippen LogP contribution in [-0.2, 0) is 0 Å². The molecule has 27 heavy (non-hydrogen) atoms. The molecule has 0 fully saturated rings. The van der Waals surface area contributed by atoms with Crippen molar-refractivity contribution in [1.29, 1.82) is 0 Å². The predicted octanol–water partition coefficient (Wildman–Crippen LogP) is 4.96. The number of rotatable bonds is 5. The van der Waals surface area contributed by atoms with Crippen LogP contribution in [-0.4, -0.2) is 35.2 Å². The minimum atomic E-state index is -1.56. The van der Waals surface area contributed by atoms with Gasteiger partial charge in [-0.2, -0.15) is 0 Å². The van der Waals surface area contributed by atoms with E-state index < -0.39 is 39.0 Å². The van der Waals surface area contributed by atoms with Crippen LogP contribution in [0.5, 0.6) is 5.75 Å². The number of aromatic carboxylic acids is 2. The molecule has 2 rings (SSSR count). The summed E-state index contributed by atoms with van der Waals surface area (Å²) < 4.78 is 5.06. The van der Waals surface area contributed by atoms with Gasteiger partial charge in [-0.25, -0.2) is 9.59 Å². The first-order valence-electron chi connectivity index (χ1n) is 6.92. The first-order chi connectivity index (χ1) is 12.6. The van der Waals surface area contributed by atoms with E-state index in [1.54, 1.807) is 0 Å². The highest BCUT2D eigenvalue weighted by Gasteiger charge is 2.29. The summed E-state index contributed by atoms with van der Waals surface area (Å²) >= 11 is 23.7. The van der Waals surface area contributed by atoms with Gasteiger partial charge in [0.05, 0.1) is 49.6 Å². The van der Waals surface area contributed by atoms with E-state index in [0.29, 0.717) is 0 Å². The molecule has 7 nitrogen and oxygen atoms in total. The topological polar surface area (TPSA) is 113 Å². The molecule has 11 heteroatoms. The van der Waals surface area contributed by atoms with Crippen LogP contribution in [0.1, 0.15) is 31.1 Å². The van der Waals surface area contributed by atoms with Crippen LogP contribution in [0, 0.1) is 0 Å². The van der Waals surface area contributed by atoms with Crippen molar-refractivity contribution < 1.29 is 29.3 Å². The van der Waals surface area contributed by atoms with Crippen LogP contribution in [0.4, 0.5) is 5.69 Å². The summed E-state index contributed by atoms with van der Waals surface area (Å²) in [5.74, 6) is -3.67. The Labute approximate surface area is 172 Å². The van der Waals surface area contributed by atoms with Gasteiger partial charge in [-0.1, -0.05) is 46.4 Å². The van der Waals surface area contributed by atoms with E-state index >= 15 is 0 Å². The minimum absolute atomic E-state index is 0.0306. The summed E-state index contributed by atoms with van der Waals surface area (Å²) in [6.45, 7) is 0. The van der Waals surface area contributed by atoms with Crippen LogP contribution in [0.15, 0.2) is 18.2 Å². The number of anilines is 1. The summed E-state index contributed by atoms with van der Waals surface area (Å²) in [5.41, 5.74) is -1.35. The minimum Gasteiger partial charge on any atom is -0.495 e. The highest BCUT2D eigenvalue weighted by atomic mass is 35.5. The third-order valence-electron chi connectivity index (χ3n) is 3.40. The largest absolute Gasteiger partial charge is 0.495 e. The highest BCUT2D eigenvalue weighted by molar-refractivity contribution is 6.54. The second kappa shape index (κ2) is 8.22. The van der Waals surface area contributed by atoms with E-state index in [9.17, 15) is 19.5 Å². The number of halogens is 4. The fourth-order valence-electron chi connectivity index (χ4n) is 2.17. The maximum absolute atomic E-state index is 12.7. The van der Waals surface area contributed by atoms with Gasteiger partial charge in [0, 0.05) is 0 Å². The standard InChI is InChI=1S/C16H9Cl4NO6/c1-27-7-3-2-5(15(23)24)4-6(7)21-14(22)8-9(16(25)26)11(18)13(20)12(19)10(8)17/h2-4H,1H3,(H,21,22)(H,23,24)(H,25,26). The normalized spacial score (nSPS) is 10.4. The third kappa shape index (κ3) is 4.06. The molecule has 0 saturated carbocycles. The predicted molar refractivity (Wildman–Crippen MR) is 101 cm³/mol. The van der Waals surface area contributed by atoms with Crippen LogP contribution < -0.4 is 10.1 Å². The molecule has 0 spiro atoms. The number of methoxy groups -OCH3 is 1. The zero-order valence-electron chi connectivity index (χ0n) is 13.3. The quantitative estimate of drug-likeness (QED) is 0.436. The molecule has 0 unspecified atom stereocenters. The number of carboxylic acids is 2. The van der Waals surface area contributed by atoms with E-state index in [1.807, 2.05) is 0 Å². The molecule has 0 saturated heterocycles. The molecular weight excluding hydrogens is 444 g/mol. The monoisotopic (exact) mass is 451 g/mol. The molecule has 0 radical (unpaired) electrons. The summed E-state index contributed by atoms with van der Waals surface area (Å²) in [7, 11) is 1.30. The SMILES string of the molecule is COc1ccc(C(=O)O)cc1NC(=O)c1c(Cl)c(Cl)c(Cl)c(Cl)c1C(=O)O. The molecule has 0 aliphatic carbocycles. The lowest BCUT2D eigenvalue weighted by molar-refractivity contribution is 0.0685. The van der Waals surface area contributed by atoms with Gasteiger partial charge < -0.3 is 20.3 Å². The molecule has 3 N–H and O–H groups in total. The van der Waals surface area contributed by atoms with Crippen molar-refractivity contribution >= 4 is 69.9 Å². The Hall–Kier alpha value is -2.19. The van der Waals surface area contributed by atoms with Crippen LogP contribution >= 0.6 is 46.4 Å². The lowest BCUT2D eigenvalue weighted by Gasteiger charge is -2.15. The number of carbonyl (C=O) groups is 3. The molecule has 0 atom stereocenters. The first-order valence-corrected chi connectivity index (χ1v) is 8.43. The van der Waals surface area contributed by atoms with Crippen molar-refractivity contribution in [3.05, 3.63) is 55.0 Å². The lowest BCUT2D eigenvalue weighted by Crippen LogP contribution is -2.19. The van der Waals surface area contributed by atoms with Crippen molar-refractivity contribution in [1.82, 2.24) is 0 Å². The van der Waals surface area contributed by atoms with Gasteiger partial charge >= 0.3 is 11.9 Å². The maximum atomic E-state index is 12.7. The Balaban J connectivity index is 2.62. The van der Waals surface area contributed by atoms with E-state index in [0.717, 1.165) is 6.07 Å². The van der Waals surface area contributed by atoms with Crippen molar-refractivity contribution in [3.8, 4) is 5.75 Å². The fraction of sp³-hybridized carbons (Fsp3) is 0.0625. The zero-order chi connectivity index (χ0) is 20.5. The number of amides is 1. The molecule has 142 valence electrons. The van der Waals surface area contributed by atoms with Gasteiger partial charge in [0.1, 0.15) is 5.75 Å². The van der Waals surface area contributed by atoms with E-state index in [-0.39, 0.29) is 27.0 Å². The fourth-order valence-corrected chi connectivity index (χ4v) is 3.19. The van der Waals surface area contributed by atoms with Gasteiger partial charge in [-0.15, -0.1) is 0 Å². The summed E-state index contributed by atoms with van der Waals surface area (Å²) in [4.78, 5) is 35.4. The molecule has 1 amide bonds. The Morgan fingerprint density at radius 3 is 1.93 bits per heavy atom. The molecule has 2 aromatic rings. The number of carbonyl (C=O) groups excluding carboxylic acids is 1. The second-order valence-corrected chi connectivity index (χ2v) is 6.50. The average molecular weight is 453 g/mol. The summed E-state index contributed by atoms with van der Waals surface area (Å²) in [6.07, 6.45) is 0. The number of hydrogen-bond acceptors (Lipinski definition) is 4. The van der Waals surface area contributed by atoms with Gasteiger partial charge in [0.15, 0.2) is 0 Å². The Morgan fingerprint density at radius 1 is 0.889 bits per heavy atom. The number of nitrogens with one attached hydrogen (secondary N) is 1. The molecule has 0 aliphatic heterocycles. The maximum Gasteiger partial charge on any atom is 0.338 e. The average Bonchev–Trinajstić information content (AvgIpc) is 2.62. The Kier molecular flexibility index (Phi) is 6.43. The number of hydrogen-bond donors (Lipinski definition) is 3. The van der Waals surface area contributed by atoms with Gasteiger partial charge in [-0.3, -0.25) is 4.79 Å². The molecule has 0 aromatic heterocycles. The van der Waals surface area contributed by atoms with E-state index in [4.69, 9.17) is 56.2 Å². The molecule has 0 bridgehead atoms. The van der Waals surface area contributed by atoms with Crippen molar-refractivity contribution in [2.45, 2.75) is 0 Å². The summed E-state index contributed by atoms with van der Waals surface area (Å²) in [6, 6.07) is 3.72. The molecular formula is C16H9Cl4NO6. The number of ether oxygens (including phenoxy) is 1. The molecule has 0 aliphatic rings. The van der Waals surface area contributed by atoms with Crippen LogP contribution in [0.2, 0.25) is 20.1 Å². The van der Waals surface area contributed by atoms with Gasteiger partial charge in [0.2, 0.25) is 0 Å². The Morgan fingerprint density at radius 2 is 1.44 bits per heavy atom. The van der Waals surface area contributed by atoms with Crippen molar-refractivity contribution in [2.24, 2.45) is 0 Å². The smallest absolute Gasteiger partial charge is 0.338 e. The van der Waals surface area contributed by atoms with Crippen LogP contribution in [0.3, 0.4) is 0 Å². The van der Waals surface area contributed by atoms with E-state index in [1.165, 1.54) is 19.2 Å². The number of carboxylic acid groups (broad SMARTS) is 2. The second-order valence-electron chi connectivity index (χ2n) is 4.99. The van der Waals surface area contributed by atoms with Gasteiger partial charge in [-0.05, 0) is 18.2 Å². The Bertz CT molecular complexity index is 976. The van der Waals surface area contributed by atoms with Crippen molar-refractivity contribution in [2.75, 3.05) is 12.4 Å². The van der Waals surface area contributed by atoms with Crippen LogP contribution in [0.25, 0.3) is 0 Å².